The third-order valence-electron chi connectivity index (χ3n) is 3.30. The molecular formula is C18H18N2O4S. The van der Waals surface area contributed by atoms with Gasteiger partial charge in [0, 0.05) is 30.3 Å². The van der Waals surface area contributed by atoms with Gasteiger partial charge in [-0.15, -0.1) is 5.92 Å². The molecule has 1 unspecified atom stereocenters. The molecular weight excluding hydrogens is 340 g/mol. The van der Waals surface area contributed by atoms with Crippen LogP contribution in [0.15, 0.2) is 45.9 Å². The van der Waals surface area contributed by atoms with Crippen molar-refractivity contribution in [3.05, 3.63) is 47.8 Å². The molecule has 1 aromatic heterocycles. The fourth-order valence-corrected chi connectivity index (χ4v) is 3.26. The van der Waals surface area contributed by atoms with Gasteiger partial charge < -0.3 is 9.47 Å². The minimum atomic E-state index is -2.96. The van der Waals surface area contributed by atoms with Gasteiger partial charge in [0.1, 0.15) is 0 Å². The zero-order valence-corrected chi connectivity index (χ0v) is 15.2. The van der Waals surface area contributed by atoms with Crippen molar-refractivity contribution in [1.82, 2.24) is 4.98 Å². The molecule has 0 fully saturated rings. The molecule has 6 nitrogen and oxygen atoms in total. The summed E-state index contributed by atoms with van der Waals surface area (Å²) in [6, 6.07) is 6.34. The lowest BCUT2D eigenvalue weighted by Gasteiger charge is -2.10. The number of amides is 1. The molecule has 1 heterocycles. The molecule has 0 aliphatic carbocycles. The van der Waals surface area contributed by atoms with Crippen LogP contribution >= 0.6 is 0 Å². The smallest absolute Gasteiger partial charge is 0.286 e. The van der Waals surface area contributed by atoms with Crippen molar-refractivity contribution in [1.29, 1.82) is 0 Å². The van der Waals surface area contributed by atoms with E-state index in [1.807, 2.05) is 0 Å². The molecule has 0 aliphatic rings. The normalized spacial score (nSPS) is 12.3. The standard InChI is InChI=1S/C18H18N2O4S/c1-5-6-13-9-14(12-19-11-13)18(21)20-25(4,22)15-7-8-16(23-2)17(10-15)24-3/h7-12H,1-4H3. The first-order valence-electron chi connectivity index (χ1n) is 7.27. The fraction of sp³-hybridized carbons (Fsp3) is 0.222. The third kappa shape index (κ3) is 4.37. The molecule has 130 valence electrons. The monoisotopic (exact) mass is 358 g/mol. The lowest BCUT2D eigenvalue weighted by molar-refractivity contribution is 0.100. The first-order valence-corrected chi connectivity index (χ1v) is 9.20. The van der Waals surface area contributed by atoms with Crippen molar-refractivity contribution in [3.63, 3.8) is 0 Å². The van der Waals surface area contributed by atoms with Crippen LogP contribution < -0.4 is 9.47 Å². The number of hydrogen-bond acceptors (Lipinski definition) is 5. The van der Waals surface area contributed by atoms with E-state index in [1.165, 1.54) is 26.7 Å². The van der Waals surface area contributed by atoms with Crippen LogP contribution in [0.1, 0.15) is 22.8 Å². The molecule has 0 saturated carbocycles. The summed E-state index contributed by atoms with van der Waals surface area (Å²) >= 11 is 0. The van der Waals surface area contributed by atoms with E-state index in [2.05, 4.69) is 21.2 Å². The van der Waals surface area contributed by atoms with Crippen molar-refractivity contribution >= 4 is 15.6 Å². The van der Waals surface area contributed by atoms with E-state index < -0.39 is 15.6 Å². The molecule has 0 N–H and O–H groups in total. The van der Waals surface area contributed by atoms with Crippen molar-refractivity contribution in [2.24, 2.45) is 4.36 Å². The van der Waals surface area contributed by atoms with E-state index in [0.29, 0.717) is 22.0 Å². The molecule has 0 saturated heterocycles. The molecule has 25 heavy (non-hydrogen) atoms. The van der Waals surface area contributed by atoms with Gasteiger partial charge in [0.05, 0.1) is 34.4 Å². The molecule has 1 atom stereocenters. The van der Waals surface area contributed by atoms with Crippen LogP contribution in [0.3, 0.4) is 0 Å². The number of methoxy groups -OCH3 is 2. The van der Waals surface area contributed by atoms with Crippen LogP contribution in [0.25, 0.3) is 0 Å². The molecule has 0 aliphatic heterocycles. The second kappa shape index (κ2) is 7.81. The summed E-state index contributed by atoms with van der Waals surface area (Å²) in [6.07, 6.45) is 4.32. The summed E-state index contributed by atoms with van der Waals surface area (Å²) in [7, 11) is 0.0230. The highest BCUT2D eigenvalue weighted by atomic mass is 32.2. The Morgan fingerprint density at radius 3 is 2.52 bits per heavy atom. The average Bonchev–Trinajstić information content (AvgIpc) is 2.61. The number of pyridine rings is 1. The van der Waals surface area contributed by atoms with Crippen LogP contribution in [0.5, 0.6) is 11.5 Å². The van der Waals surface area contributed by atoms with E-state index in [9.17, 15) is 9.00 Å². The highest BCUT2D eigenvalue weighted by Crippen LogP contribution is 2.30. The van der Waals surface area contributed by atoms with Gasteiger partial charge in [0.15, 0.2) is 11.5 Å². The van der Waals surface area contributed by atoms with Crippen molar-refractivity contribution in [2.75, 3.05) is 20.5 Å². The van der Waals surface area contributed by atoms with Crippen molar-refractivity contribution in [2.45, 2.75) is 11.8 Å². The van der Waals surface area contributed by atoms with Gasteiger partial charge in [0.2, 0.25) is 0 Å². The number of carbonyl (C=O) groups is 1. The zero-order chi connectivity index (χ0) is 18.4. The van der Waals surface area contributed by atoms with E-state index in [1.54, 1.807) is 37.4 Å². The number of benzene rings is 1. The van der Waals surface area contributed by atoms with Gasteiger partial charge in [-0.2, -0.15) is 4.36 Å². The Hall–Kier alpha value is -2.85. The number of nitrogens with zero attached hydrogens (tertiary/aromatic N) is 2. The Bertz CT molecular complexity index is 980. The molecule has 2 aromatic rings. The van der Waals surface area contributed by atoms with Crippen molar-refractivity contribution < 1.29 is 18.5 Å². The van der Waals surface area contributed by atoms with Crippen molar-refractivity contribution in [3.8, 4) is 23.3 Å². The summed E-state index contributed by atoms with van der Waals surface area (Å²) in [5.41, 5.74) is 0.826. The first kappa shape index (κ1) is 18.5. The maximum Gasteiger partial charge on any atom is 0.286 e. The quantitative estimate of drug-likeness (QED) is 0.786. The molecule has 1 amide bonds. The van der Waals surface area contributed by atoms with E-state index >= 15 is 0 Å². The number of ether oxygens (including phenoxy) is 2. The lowest BCUT2D eigenvalue weighted by atomic mass is 10.2. The van der Waals surface area contributed by atoms with E-state index in [0.717, 1.165) is 0 Å². The Balaban J connectivity index is 2.44. The molecule has 7 heteroatoms. The van der Waals surface area contributed by atoms with Crippen LogP contribution in [-0.4, -0.2) is 35.6 Å². The number of hydrogen-bond donors (Lipinski definition) is 0. The first-order chi connectivity index (χ1) is 11.9. The topological polar surface area (TPSA) is 77.9 Å². The minimum Gasteiger partial charge on any atom is -0.493 e. The number of aromatic nitrogens is 1. The summed E-state index contributed by atoms with van der Waals surface area (Å²) in [5, 5.41) is 0. The Kier molecular flexibility index (Phi) is 5.78. The summed E-state index contributed by atoms with van der Waals surface area (Å²) in [6.45, 7) is 1.69. The Labute approximate surface area is 147 Å². The van der Waals surface area contributed by atoms with Crippen LogP contribution in [0.4, 0.5) is 0 Å². The predicted octanol–water partition coefficient (Wildman–Crippen LogP) is 2.77. The van der Waals surface area contributed by atoms with Gasteiger partial charge in [-0.3, -0.25) is 9.78 Å². The number of carbonyl (C=O) groups excluding carboxylic acids is 1. The second-order valence-electron chi connectivity index (χ2n) is 5.05. The largest absolute Gasteiger partial charge is 0.493 e. The molecule has 0 spiro atoms. The number of rotatable bonds is 4. The van der Waals surface area contributed by atoms with Crippen LogP contribution in [-0.2, 0) is 9.73 Å². The van der Waals surface area contributed by atoms with Crippen LogP contribution in [0.2, 0.25) is 0 Å². The maximum atomic E-state index is 12.9. The Morgan fingerprint density at radius 1 is 1.16 bits per heavy atom. The van der Waals surface area contributed by atoms with Gasteiger partial charge in [-0.1, -0.05) is 5.92 Å². The van der Waals surface area contributed by atoms with Gasteiger partial charge in [-0.25, -0.2) is 4.21 Å². The van der Waals surface area contributed by atoms with E-state index in [4.69, 9.17) is 9.47 Å². The summed E-state index contributed by atoms with van der Waals surface area (Å²) in [5.74, 6) is 5.85. The van der Waals surface area contributed by atoms with Crippen LogP contribution in [0, 0.1) is 11.8 Å². The lowest BCUT2D eigenvalue weighted by Crippen LogP contribution is -2.05. The van der Waals surface area contributed by atoms with Gasteiger partial charge in [0.25, 0.3) is 5.91 Å². The summed E-state index contributed by atoms with van der Waals surface area (Å²) in [4.78, 5) is 16.7. The van der Waals surface area contributed by atoms with E-state index in [-0.39, 0.29) is 5.56 Å². The molecule has 2 rings (SSSR count). The third-order valence-corrected chi connectivity index (χ3v) is 4.95. The minimum absolute atomic E-state index is 0.232. The molecule has 0 radical (unpaired) electrons. The molecule has 0 bridgehead atoms. The Morgan fingerprint density at radius 2 is 1.88 bits per heavy atom. The predicted molar refractivity (Wildman–Crippen MR) is 95.4 cm³/mol. The molecule has 1 aromatic carbocycles. The second-order valence-corrected chi connectivity index (χ2v) is 7.31. The fourth-order valence-electron chi connectivity index (χ4n) is 2.09. The average molecular weight is 358 g/mol. The zero-order valence-electron chi connectivity index (χ0n) is 14.4. The highest BCUT2D eigenvalue weighted by Gasteiger charge is 2.14. The summed E-state index contributed by atoms with van der Waals surface area (Å²) < 4.78 is 27.2. The SMILES string of the molecule is CC#Cc1cncc(C(=O)N=S(C)(=O)c2ccc(OC)c(OC)c2)c1. The highest BCUT2D eigenvalue weighted by molar-refractivity contribution is 7.93. The van der Waals surface area contributed by atoms with Gasteiger partial charge >= 0.3 is 0 Å². The van der Waals surface area contributed by atoms with Gasteiger partial charge in [-0.05, 0) is 25.1 Å². The maximum absolute atomic E-state index is 12.9.